The molecule has 2 N–H and O–H groups in total. The Morgan fingerprint density at radius 3 is 2.31 bits per heavy atom. The summed E-state index contributed by atoms with van der Waals surface area (Å²) < 4.78 is 48.5. The van der Waals surface area contributed by atoms with E-state index >= 15 is 0 Å². The third-order valence-electron chi connectivity index (χ3n) is 5.20. The van der Waals surface area contributed by atoms with Gasteiger partial charge < -0.3 is 14.8 Å². The molecule has 0 bridgehead atoms. The summed E-state index contributed by atoms with van der Waals surface area (Å²) in [5, 5.41) is 4.93. The van der Waals surface area contributed by atoms with E-state index in [1.54, 1.807) is 20.1 Å². The minimum absolute atomic E-state index is 0.157. The first-order valence-corrected chi connectivity index (χ1v) is 9.98. The molecule has 0 aliphatic heterocycles. The molecule has 1 aromatic carbocycles. The van der Waals surface area contributed by atoms with Gasteiger partial charge in [0.15, 0.2) is 0 Å². The summed E-state index contributed by atoms with van der Waals surface area (Å²) >= 11 is 0. The summed E-state index contributed by atoms with van der Waals surface area (Å²) in [6.45, 7) is 1.68. The number of carbonyl (C=O) groups excluding carboxylic acids is 2. The lowest BCUT2D eigenvalue weighted by molar-refractivity contribution is -0.138. The fourth-order valence-electron chi connectivity index (χ4n) is 3.39. The standard InChI is InChI=1S/C21H23F3N4O4/c1-12-9-15(27-19(30)28-18(29)13-3-6-16(31-2)7-4-13)5-8-17(12)32-20-25-10-14(11-26-20)21(22,23)24/h5,8-11,13,16H,3-4,6-7H2,1-2H3,(H2,27,28,29,30). The molecule has 1 heterocycles. The highest BCUT2D eigenvalue weighted by molar-refractivity contribution is 6.01. The summed E-state index contributed by atoms with van der Waals surface area (Å²) in [7, 11) is 1.65. The van der Waals surface area contributed by atoms with Crippen molar-refractivity contribution in [2.75, 3.05) is 12.4 Å². The quantitative estimate of drug-likeness (QED) is 0.695. The van der Waals surface area contributed by atoms with Gasteiger partial charge in [0, 0.05) is 31.1 Å². The SMILES string of the molecule is COC1CCC(C(=O)NC(=O)Nc2ccc(Oc3ncc(C(F)(F)F)cn3)c(C)c2)CC1. The highest BCUT2D eigenvalue weighted by Gasteiger charge is 2.31. The summed E-state index contributed by atoms with van der Waals surface area (Å²) in [5.74, 6) is -0.247. The minimum Gasteiger partial charge on any atom is -0.424 e. The molecule has 11 heteroatoms. The van der Waals surface area contributed by atoms with Crippen molar-refractivity contribution in [1.82, 2.24) is 15.3 Å². The number of imide groups is 1. The van der Waals surface area contributed by atoms with Gasteiger partial charge in [-0.05, 0) is 56.4 Å². The van der Waals surface area contributed by atoms with Crippen LogP contribution < -0.4 is 15.4 Å². The second kappa shape index (κ2) is 9.94. The zero-order valence-electron chi connectivity index (χ0n) is 17.5. The zero-order valence-corrected chi connectivity index (χ0v) is 17.5. The first kappa shape index (κ1) is 23.5. The number of methoxy groups -OCH3 is 1. The van der Waals surface area contributed by atoms with Gasteiger partial charge in [0.1, 0.15) is 5.75 Å². The van der Waals surface area contributed by atoms with Gasteiger partial charge in [0.2, 0.25) is 5.91 Å². The second-order valence-electron chi connectivity index (χ2n) is 7.49. The molecule has 1 aliphatic carbocycles. The summed E-state index contributed by atoms with van der Waals surface area (Å²) in [5.41, 5.74) is 0.0144. The molecule has 1 aliphatic rings. The van der Waals surface area contributed by atoms with E-state index in [4.69, 9.17) is 9.47 Å². The molecule has 1 aromatic heterocycles. The number of benzene rings is 1. The Hall–Kier alpha value is -3.21. The lowest BCUT2D eigenvalue weighted by atomic mass is 9.87. The van der Waals surface area contributed by atoms with E-state index in [0.29, 0.717) is 42.2 Å². The molecular weight excluding hydrogens is 429 g/mol. The van der Waals surface area contributed by atoms with E-state index in [-0.39, 0.29) is 23.9 Å². The molecule has 0 radical (unpaired) electrons. The molecular formula is C21H23F3N4O4. The summed E-state index contributed by atoms with van der Waals surface area (Å²) in [4.78, 5) is 31.6. The Labute approximate surface area is 182 Å². The Bertz CT molecular complexity index is 959. The number of hydrogen-bond donors (Lipinski definition) is 2. The number of halogens is 3. The van der Waals surface area contributed by atoms with E-state index in [0.717, 1.165) is 12.8 Å². The lowest BCUT2D eigenvalue weighted by Gasteiger charge is -2.26. The number of urea groups is 1. The van der Waals surface area contributed by atoms with Gasteiger partial charge >= 0.3 is 18.2 Å². The number of amides is 3. The predicted octanol–water partition coefficient (Wildman–Crippen LogP) is 4.45. The van der Waals surface area contributed by atoms with Crippen LogP contribution in [0.25, 0.3) is 0 Å². The number of alkyl halides is 3. The fourth-order valence-corrected chi connectivity index (χ4v) is 3.39. The number of aromatic nitrogens is 2. The normalized spacial score (nSPS) is 18.7. The third kappa shape index (κ3) is 6.16. The van der Waals surface area contributed by atoms with Crippen LogP contribution in [0, 0.1) is 12.8 Å². The van der Waals surface area contributed by atoms with E-state index < -0.39 is 17.8 Å². The van der Waals surface area contributed by atoms with Crippen LogP contribution in [-0.4, -0.2) is 35.1 Å². The van der Waals surface area contributed by atoms with Crippen molar-refractivity contribution >= 4 is 17.6 Å². The molecule has 1 saturated carbocycles. The van der Waals surface area contributed by atoms with Gasteiger partial charge in [0.05, 0.1) is 11.7 Å². The van der Waals surface area contributed by atoms with Crippen LogP contribution in [0.4, 0.5) is 23.7 Å². The van der Waals surface area contributed by atoms with Crippen molar-refractivity contribution < 1.29 is 32.2 Å². The van der Waals surface area contributed by atoms with Gasteiger partial charge in [-0.25, -0.2) is 14.8 Å². The molecule has 2 aromatic rings. The number of hydrogen-bond acceptors (Lipinski definition) is 6. The highest BCUT2D eigenvalue weighted by atomic mass is 19.4. The average Bonchev–Trinajstić information content (AvgIpc) is 2.75. The maximum absolute atomic E-state index is 12.6. The maximum atomic E-state index is 12.6. The van der Waals surface area contributed by atoms with Gasteiger partial charge in [-0.15, -0.1) is 0 Å². The second-order valence-corrected chi connectivity index (χ2v) is 7.49. The van der Waals surface area contributed by atoms with E-state index in [9.17, 15) is 22.8 Å². The van der Waals surface area contributed by atoms with Crippen LogP contribution in [-0.2, 0) is 15.7 Å². The van der Waals surface area contributed by atoms with Gasteiger partial charge in [-0.1, -0.05) is 0 Å². The average molecular weight is 452 g/mol. The smallest absolute Gasteiger partial charge is 0.419 e. The topological polar surface area (TPSA) is 102 Å². The number of carbonyl (C=O) groups is 2. The van der Waals surface area contributed by atoms with E-state index in [1.807, 2.05) is 0 Å². The van der Waals surface area contributed by atoms with Crippen LogP contribution in [0.2, 0.25) is 0 Å². The van der Waals surface area contributed by atoms with Crippen LogP contribution >= 0.6 is 0 Å². The summed E-state index contributed by atoms with van der Waals surface area (Å²) in [6.07, 6.45) is -0.229. The monoisotopic (exact) mass is 452 g/mol. The Morgan fingerprint density at radius 1 is 1.09 bits per heavy atom. The molecule has 0 saturated heterocycles. The Balaban J connectivity index is 1.54. The van der Waals surface area contributed by atoms with Crippen molar-refractivity contribution in [2.24, 2.45) is 5.92 Å². The fraction of sp³-hybridized carbons (Fsp3) is 0.429. The highest BCUT2D eigenvalue weighted by Crippen LogP contribution is 2.30. The molecule has 0 spiro atoms. The first-order chi connectivity index (χ1) is 15.2. The van der Waals surface area contributed by atoms with Crippen LogP contribution in [0.1, 0.15) is 36.8 Å². The largest absolute Gasteiger partial charge is 0.424 e. The molecule has 172 valence electrons. The number of nitrogens with one attached hydrogen (secondary N) is 2. The maximum Gasteiger partial charge on any atom is 0.419 e. The number of aryl methyl sites for hydroxylation is 1. The van der Waals surface area contributed by atoms with Crippen LogP contribution in [0.3, 0.4) is 0 Å². The molecule has 3 rings (SSSR count). The van der Waals surface area contributed by atoms with Crippen molar-refractivity contribution in [3.05, 3.63) is 41.7 Å². The number of nitrogens with zero attached hydrogens (tertiary/aromatic N) is 2. The van der Waals surface area contributed by atoms with Crippen molar-refractivity contribution in [3.63, 3.8) is 0 Å². The van der Waals surface area contributed by atoms with Gasteiger partial charge in [0.25, 0.3) is 0 Å². The molecule has 32 heavy (non-hydrogen) atoms. The van der Waals surface area contributed by atoms with Gasteiger partial charge in [-0.3, -0.25) is 10.1 Å². The molecule has 1 fully saturated rings. The van der Waals surface area contributed by atoms with E-state index in [2.05, 4.69) is 20.6 Å². The van der Waals surface area contributed by atoms with E-state index in [1.165, 1.54) is 12.1 Å². The number of anilines is 1. The Morgan fingerprint density at radius 2 is 1.75 bits per heavy atom. The lowest BCUT2D eigenvalue weighted by Crippen LogP contribution is -2.40. The minimum atomic E-state index is -4.53. The predicted molar refractivity (Wildman–Crippen MR) is 108 cm³/mol. The molecule has 8 nitrogen and oxygen atoms in total. The molecule has 0 atom stereocenters. The molecule has 0 unspecified atom stereocenters. The number of rotatable bonds is 5. The van der Waals surface area contributed by atoms with Crippen LogP contribution in [0.15, 0.2) is 30.6 Å². The molecule has 3 amide bonds. The summed E-state index contributed by atoms with van der Waals surface area (Å²) in [6, 6.07) is 3.74. The number of ether oxygens (including phenoxy) is 2. The van der Waals surface area contributed by atoms with Crippen molar-refractivity contribution in [3.8, 4) is 11.8 Å². The van der Waals surface area contributed by atoms with Crippen molar-refractivity contribution in [2.45, 2.75) is 44.9 Å². The van der Waals surface area contributed by atoms with Gasteiger partial charge in [-0.2, -0.15) is 13.2 Å². The zero-order chi connectivity index (χ0) is 23.3. The van der Waals surface area contributed by atoms with Crippen molar-refractivity contribution in [1.29, 1.82) is 0 Å². The third-order valence-corrected chi connectivity index (χ3v) is 5.20. The van der Waals surface area contributed by atoms with Crippen LogP contribution in [0.5, 0.6) is 11.8 Å². The first-order valence-electron chi connectivity index (χ1n) is 9.98. The Kier molecular flexibility index (Phi) is 7.29.